The Balaban J connectivity index is 2.36. The number of hydrogen-bond acceptors (Lipinski definition) is 0. The first-order valence-corrected chi connectivity index (χ1v) is 2.17. The van der Waals surface area contributed by atoms with E-state index in [1.54, 1.807) is 0 Å². The molecule has 0 N–H and O–H groups in total. The van der Waals surface area contributed by atoms with Crippen molar-refractivity contribution in [2.24, 2.45) is 5.92 Å². The van der Waals surface area contributed by atoms with E-state index < -0.39 is 12.1 Å². The Labute approximate surface area is 39.3 Å². The van der Waals surface area contributed by atoms with Crippen molar-refractivity contribution >= 4 is 0 Å². The van der Waals surface area contributed by atoms with Crippen molar-refractivity contribution in [3.8, 4) is 0 Å². The van der Waals surface area contributed by atoms with Gasteiger partial charge >= 0.3 is 6.18 Å². The summed E-state index contributed by atoms with van der Waals surface area (Å²) in [5.74, 6) is -0.951. The molecule has 0 radical (unpaired) electrons. The SMILES string of the molecule is FC(F)(F)C1CC1. The average Bonchev–Trinajstić information content (AvgIpc) is 1.99. The highest BCUT2D eigenvalue weighted by Gasteiger charge is 2.46. The highest BCUT2D eigenvalue weighted by atomic mass is 19.4. The summed E-state index contributed by atoms with van der Waals surface area (Å²) in [5.41, 5.74) is 0. The summed E-state index contributed by atoms with van der Waals surface area (Å²) < 4.78 is 33.7. The van der Waals surface area contributed by atoms with Crippen LogP contribution in [0.15, 0.2) is 0 Å². The fraction of sp³-hybridized carbons (Fsp3) is 1.00. The summed E-state index contributed by atoms with van der Waals surface area (Å²) >= 11 is 0. The summed E-state index contributed by atoms with van der Waals surface area (Å²) in [6.45, 7) is 0. The molecule has 0 aromatic heterocycles. The van der Waals surface area contributed by atoms with Crippen molar-refractivity contribution in [3.05, 3.63) is 0 Å². The number of halogens is 3. The number of alkyl halides is 3. The average molecular weight is 110 g/mol. The van der Waals surface area contributed by atoms with Crippen LogP contribution in [0.2, 0.25) is 0 Å². The van der Waals surface area contributed by atoms with Gasteiger partial charge in [0.15, 0.2) is 0 Å². The zero-order valence-electron chi connectivity index (χ0n) is 3.63. The molecular weight excluding hydrogens is 105 g/mol. The normalized spacial score (nSPS) is 22.7. The molecule has 0 aromatic carbocycles. The van der Waals surface area contributed by atoms with Crippen molar-refractivity contribution in [2.45, 2.75) is 19.0 Å². The first-order valence-electron chi connectivity index (χ1n) is 2.17. The zero-order chi connectivity index (χ0) is 5.49. The van der Waals surface area contributed by atoms with Crippen LogP contribution < -0.4 is 0 Å². The number of rotatable bonds is 0. The lowest BCUT2D eigenvalue weighted by molar-refractivity contribution is -0.147. The predicted molar refractivity (Wildman–Crippen MR) is 18.8 cm³/mol. The van der Waals surface area contributed by atoms with Gasteiger partial charge < -0.3 is 0 Å². The first-order chi connectivity index (χ1) is 3.11. The second-order valence-corrected chi connectivity index (χ2v) is 1.82. The molecule has 1 rings (SSSR count). The summed E-state index contributed by atoms with van der Waals surface area (Å²) in [6.07, 6.45) is -3.19. The fourth-order valence-electron chi connectivity index (χ4n) is 0.411. The van der Waals surface area contributed by atoms with E-state index in [4.69, 9.17) is 0 Å². The van der Waals surface area contributed by atoms with Crippen molar-refractivity contribution in [1.29, 1.82) is 0 Å². The molecule has 42 valence electrons. The molecule has 1 fully saturated rings. The molecule has 0 amide bonds. The monoisotopic (exact) mass is 110 g/mol. The van der Waals surface area contributed by atoms with Crippen LogP contribution in [0.25, 0.3) is 0 Å². The topological polar surface area (TPSA) is 0 Å². The van der Waals surface area contributed by atoms with Crippen LogP contribution in [0.4, 0.5) is 13.2 Å². The van der Waals surface area contributed by atoms with E-state index in [0.29, 0.717) is 12.8 Å². The van der Waals surface area contributed by atoms with Gasteiger partial charge in [-0.2, -0.15) is 13.2 Å². The van der Waals surface area contributed by atoms with Crippen LogP contribution in [-0.4, -0.2) is 6.18 Å². The summed E-state index contributed by atoms with van der Waals surface area (Å²) in [5, 5.41) is 0. The minimum atomic E-state index is -3.89. The van der Waals surface area contributed by atoms with Gasteiger partial charge in [-0.25, -0.2) is 0 Å². The van der Waals surface area contributed by atoms with E-state index in [1.807, 2.05) is 0 Å². The maximum atomic E-state index is 11.2. The summed E-state index contributed by atoms with van der Waals surface area (Å²) in [6, 6.07) is 0. The van der Waals surface area contributed by atoms with E-state index in [-0.39, 0.29) is 0 Å². The lowest BCUT2D eigenvalue weighted by Crippen LogP contribution is -2.08. The Morgan fingerprint density at radius 3 is 1.57 bits per heavy atom. The Bertz CT molecular complexity index is 69.5. The molecular formula is C4H5F3. The highest BCUT2D eigenvalue weighted by Crippen LogP contribution is 2.43. The molecule has 0 nitrogen and oxygen atoms in total. The minimum absolute atomic E-state index is 0.351. The van der Waals surface area contributed by atoms with Gasteiger partial charge in [-0.15, -0.1) is 0 Å². The quantitative estimate of drug-likeness (QED) is 0.447. The van der Waals surface area contributed by atoms with Crippen molar-refractivity contribution < 1.29 is 13.2 Å². The molecule has 0 atom stereocenters. The van der Waals surface area contributed by atoms with Gasteiger partial charge in [-0.3, -0.25) is 0 Å². The Morgan fingerprint density at radius 1 is 1.14 bits per heavy atom. The molecule has 0 aliphatic heterocycles. The Hall–Kier alpha value is -0.210. The first kappa shape index (κ1) is 4.94. The van der Waals surface area contributed by atoms with Crippen LogP contribution in [0.3, 0.4) is 0 Å². The molecule has 7 heavy (non-hydrogen) atoms. The van der Waals surface area contributed by atoms with Crippen molar-refractivity contribution in [3.63, 3.8) is 0 Å². The summed E-state index contributed by atoms with van der Waals surface area (Å²) in [4.78, 5) is 0. The van der Waals surface area contributed by atoms with E-state index in [0.717, 1.165) is 0 Å². The smallest absolute Gasteiger partial charge is 0.171 e. The Kier molecular flexibility index (Phi) is 0.805. The van der Waals surface area contributed by atoms with Gasteiger partial charge in [-0.05, 0) is 12.8 Å². The maximum absolute atomic E-state index is 11.2. The lowest BCUT2D eigenvalue weighted by atomic mass is 10.4. The maximum Gasteiger partial charge on any atom is 0.391 e. The minimum Gasteiger partial charge on any atom is -0.171 e. The van der Waals surface area contributed by atoms with Gasteiger partial charge in [0.1, 0.15) is 0 Å². The molecule has 3 heteroatoms. The second kappa shape index (κ2) is 1.14. The van der Waals surface area contributed by atoms with E-state index in [2.05, 4.69) is 0 Å². The van der Waals surface area contributed by atoms with Crippen LogP contribution in [0.1, 0.15) is 12.8 Å². The van der Waals surface area contributed by atoms with Crippen molar-refractivity contribution in [2.75, 3.05) is 0 Å². The molecule has 0 spiro atoms. The molecule has 0 saturated heterocycles. The number of hydrogen-bond donors (Lipinski definition) is 0. The van der Waals surface area contributed by atoms with E-state index in [9.17, 15) is 13.2 Å². The molecule has 1 aliphatic rings. The molecule has 0 aromatic rings. The van der Waals surface area contributed by atoms with Gasteiger partial charge in [0.2, 0.25) is 0 Å². The van der Waals surface area contributed by atoms with Gasteiger partial charge in [0.05, 0.1) is 5.92 Å². The fourth-order valence-corrected chi connectivity index (χ4v) is 0.411. The highest BCUT2D eigenvalue weighted by molar-refractivity contribution is 4.79. The molecule has 0 unspecified atom stereocenters. The molecule has 0 bridgehead atoms. The Morgan fingerprint density at radius 2 is 1.57 bits per heavy atom. The van der Waals surface area contributed by atoms with Crippen molar-refractivity contribution in [1.82, 2.24) is 0 Å². The lowest BCUT2D eigenvalue weighted by Gasteiger charge is -1.99. The van der Waals surface area contributed by atoms with E-state index in [1.165, 1.54) is 0 Å². The van der Waals surface area contributed by atoms with Crippen LogP contribution in [-0.2, 0) is 0 Å². The molecule has 1 saturated carbocycles. The third-order valence-electron chi connectivity index (χ3n) is 1.04. The van der Waals surface area contributed by atoms with Gasteiger partial charge in [-0.1, -0.05) is 0 Å². The molecule has 1 aliphatic carbocycles. The third kappa shape index (κ3) is 1.08. The van der Waals surface area contributed by atoms with Gasteiger partial charge in [0, 0.05) is 0 Å². The largest absolute Gasteiger partial charge is 0.391 e. The van der Waals surface area contributed by atoms with Crippen LogP contribution in [0, 0.1) is 5.92 Å². The van der Waals surface area contributed by atoms with Crippen LogP contribution in [0.5, 0.6) is 0 Å². The molecule has 0 heterocycles. The van der Waals surface area contributed by atoms with E-state index >= 15 is 0 Å². The third-order valence-corrected chi connectivity index (χ3v) is 1.04. The predicted octanol–water partition coefficient (Wildman–Crippen LogP) is 1.96. The summed E-state index contributed by atoms with van der Waals surface area (Å²) in [7, 11) is 0. The standard InChI is InChI=1S/C4H5F3/c5-4(6,7)3-1-2-3/h3H,1-2H2. The van der Waals surface area contributed by atoms with Crippen LogP contribution >= 0.6 is 0 Å². The second-order valence-electron chi connectivity index (χ2n) is 1.82. The van der Waals surface area contributed by atoms with Gasteiger partial charge in [0.25, 0.3) is 0 Å². The zero-order valence-corrected chi connectivity index (χ0v) is 3.63.